The number of aliphatic carboxylic acids is 1. The van der Waals surface area contributed by atoms with E-state index in [0.29, 0.717) is 10.8 Å². The quantitative estimate of drug-likeness (QED) is 0.371. The molecule has 0 amide bonds. The molecule has 0 fully saturated rings. The molecule has 18 heavy (non-hydrogen) atoms. The maximum absolute atomic E-state index is 10.3. The minimum atomic E-state index is -0.843. The van der Waals surface area contributed by atoms with Gasteiger partial charge in [-0.2, -0.15) is 27.0 Å². The number of nitrogens with zero attached hydrogens (tertiary/aromatic N) is 2. The van der Waals surface area contributed by atoms with Gasteiger partial charge in [0, 0.05) is 11.8 Å². The molecule has 1 N–H and O–H groups in total. The van der Waals surface area contributed by atoms with Crippen molar-refractivity contribution in [2.75, 3.05) is 5.75 Å². The predicted molar refractivity (Wildman–Crippen MR) is 82.2 cm³/mol. The van der Waals surface area contributed by atoms with Crippen LogP contribution in [0.25, 0.3) is 0 Å². The van der Waals surface area contributed by atoms with Crippen LogP contribution in [0.3, 0.4) is 0 Å². The van der Waals surface area contributed by atoms with Crippen molar-refractivity contribution < 1.29 is 14.8 Å². The number of carboxylic acids is 1. The van der Waals surface area contributed by atoms with E-state index in [4.69, 9.17) is 5.11 Å². The Kier molecular flexibility index (Phi) is 11.4. The number of hydrogen-bond acceptors (Lipinski definition) is 6. The lowest BCUT2D eigenvalue weighted by Crippen LogP contribution is -1.94. The van der Waals surface area contributed by atoms with Gasteiger partial charge < -0.3 is 5.11 Å². The number of pyridine rings is 1. The predicted octanol–water partition coefficient (Wildman–Crippen LogP) is 2.43. The Balaban J connectivity index is 0. The number of aromatic nitrogens is 1. The zero-order valence-corrected chi connectivity index (χ0v) is 12.7. The highest BCUT2D eigenvalue weighted by Gasteiger charge is 2.05. The normalized spacial score (nSPS) is 8.89. The third kappa shape index (κ3) is 7.69. The molecule has 0 atom stereocenters. The maximum atomic E-state index is 10.3. The van der Waals surface area contributed by atoms with Gasteiger partial charge >= 0.3 is 5.97 Å². The molecule has 0 saturated carbocycles. The third-order valence-electron chi connectivity index (χ3n) is 1.48. The number of rotatable bonds is 6. The Bertz CT molecular complexity index is 387. The minimum Gasteiger partial charge on any atom is -0.481 e. The number of hydrogen-bond donors (Lipinski definition) is 1. The van der Waals surface area contributed by atoms with Gasteiger partial charge in [0.15, 0.2) is 0 Å². The Hall–Kier alpha value is -0.580. The van der Waals surface area contributed by atoms with E-state index in [1.165, 1.54) is 39.9 Å². The second kappa shape index (κ2) is 10.4. The molecule has 0 aliphatic rings. The zero-order chi connectivity index (χ0) is 12.0. The van der Waals surface area contributed by atoms with E-state index in [0.717, 1.165) is 0 Å². The van der Waals surface area contributed by atoms with Gasteiger partial charge in [0.1, 0.15) is 11.2 Å². The van der Waals surface area contributed by atoms with Crippen molar-refractivity contribution in [2.24, 2.45) is 0 Å². The van der Waals surface area contributed by atoms with Crippen molar-refractivity contribution in [1.82, 2.24) is 4.98 Å². The first kappa shape index (κ1) is 19.8. The zero-order valence-electron chi connectivity index (χ0n) is 9.03. The number of nitro groups is 1. The van der Waals surface area contributed by atoms with Crippen molar-refractivity contribution >= 4 is 60.2 Å². The Morgan fingerprint density at radius 2 is 2.11 bits per heavy atom. The summed E-state index contributed by atoms with van der Waals surface area (Å²) in [5.74, 6) is -0.372. The van der Waals surface area contributed by atoms with Crippen LogP contribution in [-0.2, 0) is 4.79 Å². The highest BCUT2D eigenvalue weighted by atomic mass is 33.1. The molecule has 1 rings (SSSR count). The number of carboxylic acid groups (broad SMARTS) is 1. The molecule has 0 radical (unpaired) electrons. The summed E-state index contributed by atoms with van der Waals surface area (Å²) < 4.78 is 0. The van der Waals surface area contributed by atoms with Crippen molar-refractivity contribution in [1.29, 1.82) is 0 Å². The van der Waals surface area contributed by atoms with Crippen LogP contribution in [0.4, 0.5) is 5.69 Å². The summed E-state index contributed by atoms with van der Waals surface area (Å²) in [6.45, 7) is 0. The van der Waals surface area contributed by atoms with Gasteiger partial charge in [0.2, 0.25) is 0 Å². The van der Waals surface area contributed by atoms with Crippen LogP contribution in [0.15, 0.2) is 23.4 Å². The SMILES string of the molecule is O=C(O)CCSSc1ccc([N+](=O)[O-])cn1.S.S. The molecule has 0 unspecified atom stereocenters. The van der Waals surface area contributed by atoms with Crippen molar-refractivity contribution in [2.45, 2.75) is 11.4 Å². The van der Waals surface area contributed by atoms with Crippen LogP contribution in [0.1, 0.15) is 6.42 Å². The minimum absolute atomic E-state index is 0. The van der Waals surface area contributed by atoms with Gasteiger partial charge in [0.25, 0.3) is 5.69 Å². The van der Waals surface area contributed by atoms with E-state index >= 15 is 0 Å². The van der Waals surface area contributed by atoms with E-state index in [9.17, 15) is 14.9 Å². The fourth-order valence-corrected chi connectivity index (χ4v) is 2.60. The standard InChI is InChI=1S/C8H8N2O4S2.2H2S/c11-8(12)3-4-15-16-7-2-1-6(5-9-7)10(13)14;;/h1-2,5H,3-4H2,(H,11,12);2*1H2. The molecule has 0 spiro atoms. The fraction of sp³-hybridized carbons (Fsp3) is 0.250. The van der Waals surface area contributed by atoms with Gasteiger partial charge in [-0.05, 0) is 16.9 Å². The summed E-state index contributed by atoms with van der Waals surface area (Å²) >= 11 is 0. The van der Waals surface area contributed by atoms with Crippen LogP contribution < -0.4 is 0 Å². The average Bonchev–Trinajstić information content (AvgIpc) is 2.25. The lowest BCUT2D eigenvalue weighted by atomic mass is 10.4. The summed E-state index contributed by atoms with van der Waals surface area (Å²) in [5, 5.41) is 19.4. The van der Waals surface area contributed by atoms with Crippen molar-refractivity contribution in [3.63, 3.8) is 0 Å². The van der Waals surface area contributed by atoms with Gasteiger partial charge in [-0.15, -0.1) is 0 Å². The lowest BCUT2D eigenvalue weighted by Gasteiger charge is -1.98. The highest BCUT2D eigenvalue weighted by Crippen LogP contribution is 2.30. The van der Waals surface area contributed by atoms with Crippen molar-refractivity contribution in [3.05, 3.63) is 28.4 Å². The third-order valence-corrected chi connectivity index (χ3v) is 3.74. The monoisotopic (exact) mass is 328 g/mol. The van der Waals surface area contributed by atoms with Crippen LogP contribution in [-0.4, -0.2) is 26.7 Å². The summed E-state index contributed by atoms with van der Waals surface area (Å²) in [4.78, 5) is 23.9. The molecule has 1 heterocycles. The molecule has 0 bridgehead atoms. The molecule has 1 aromatic rings. The summed E-state index contributed by atoms with van der Waals surface area (Å²) in [6.07, 6.45) is 1.27. The second-order valence-corrected chi connectivity index (χ2v) is 5.10. The molecular formula is C8H12N2O4S4. The molecule has 1 aromatic heterocycles. The van der Waals surface area contributed by atoms with E-state index in [-0.39, 0.29) is 39.1 Å². The van der Waals surface area contributed by atoms with Crippen molar-refractivity contribution in [3.8, 4) is 0 Å². The lowest BCUT2D eigenvalue weighted by molar-refractivity contribution is -0.385. The van der Waals surface area contributed by atoms with E-state index in [1.807, 2.05) is 0 Å². The molecule has 10 heteroatoms. The molecule has 0 saturated heterocycles. The smallest absolute Gasteiger partial charge is 0.304 e. The average molecular weight is 328 g/mol. The highest BCUT2D eigenvalue weighted by molar-refractivity contribution is 8.76. The first-order chi connectivity index (χ1) is 7.59. The summed E-state index contributed by atoms with van der Waals surface area (Å²) in [6, 6.07) is 2.91. The largest absolute Gasteiger partial charge is 0.481 e. The van der Waals surface area contributed by atoms with Gasteiger partial charge in [-0.3, -0.25) is 14.9 Å². The molecule has 6 nitrogen and oxygen atoms in total. The van der Waals surface area contributed by atoms with Gasteiger partial charge in [-0.25, -0.2) is 4.98 Å². The molecule has 0 aliphatic carbocycles. The molecular weight excluding hydrogens is 316 g/mol. The molecule has 0 aliphatic heterocycles. The topological polar surface area (TPSA) is 93.3 Å². The number of carbonyl (C=O) groups is 1. The van der Waals surface area contributed by atoms with E-state index in [1.54, 1.807) is 0 Å². The van der Waals surface area contributed by atoms with Gasteiger partial charge in [-0.1, -0.05) is 10.8 Å². The fourth-order valence-electron chi connectivity index (χ4n) is 0.761. The Labute approximate surface area is 125 Å². The summed E-state index contributed by atoms with van der Waals surface area (Å²) in [7, 11) is 2.65. The van der Waals surface area contributed by atoms with E-state index < -0.39 is 10.9 Å². The van der Waals surface area contributed by atoms with E-state index in [2.05, 4.69) is 4.98 Å². The van der Waals surface area contributed by atoms with Gasteiger partial charge in [0.05, 0.1) is 11.3 Å². The maximum Gasteiger partial charge on any atom is 0.304 e. The molecule has 102 valence electrons. The summed E-state index contributed by atoms with van der Waals surface area (Å²) in [5.41, 5.74) is -0.0557. The van der Waals surface area contributed by atoms with Crippen LogP contribution >= 0.6 is 48.6 Å². The Morgan fingerprint density at radius 1 is 1.44 bits per heavy atom. The molecule has 0 aromatic carbocycles. The van der Waals surface area contributed by atoms with Crippen LogP contribution in [0.5, 0.6) is 0 Å². The van der Waals surface area contributed by atoms with Crippen LogP contribution in [0.2, 0.25) is 0 Å². The first-order valence-electron chi connectivity index (χ1n) is 4.21. The van der Waals surface area contributed by atoms with Crippen LogP contribution in [0, 0.1) is 10.1 Å². The first-order valence-corrected chi connectivity index (χ1v) is 6.53. The second-order valence-electron chi connectivity index (χ2n) is 2.66. The Morgan fingerprint density at radius 3 is 2.56 bits per heavy atom.